The molecular weight excluding hydrogens is 516 g/mol. The average Bonchev–Trinajstić information content (AvgIpc) is 2.96. The van der Waals surface area contributed by atoms with Crippen LogP contribution >= 0.6 is 11.8 Å². The molecule has 1 N–H and O–H groups in total. The second-order valence-electron chi connectivity index (χ2n) is 8.86. The third-order valence-electron chi connectivity index (χ3n) is 6.03. The van der Waals surface area contributed by atoms with Gasteiger partial charge < -0.3 is 19.3 Å². The molecule has 1 atom stereocenters. The number of aliphatic carboxylic acids is 1. The van der Waals surface area contributed by atoms with Gasteiger partial charge in [-0.15, -0.1) is 0 Å². The number of hydrogen-bond acceptors (Lipinski definition) is 7. The predicted octanol–water partition coefficient (Wildman–Crippen LogP) is 6.41. The van der Waals surface area contributed by atoms with Crippen LogP contribution < -0.4 is 9.47 Å². The molecule has 0 aliphatic heterocycles. The lowest BCUT2D eigenvalue weighted by Crippen LogP contribution is -2.07. The van der Waals surface area contributed by atoms with E-state index in [2.05, 4.69) is 16.9 Å². The lowest BCUT2D eigenvalue weighted by Gasteiger charge is -2.17. The molecule has 0 aromatic heterocycles. The first kappa shape index (κ1) is 29.8. The molecule has 0 saturated carbocycles. The summed E-state index contributed by atoms with van der Waals surface area (Å²) in [6, 6.07) is 22.9. The van der Waals surface area contributed by atoms with Crippen molar-refractivity contribution in [3.05, 3.63) is 95.1 Å². The first-order valence-electron chi connectivity index (χ1n) is 12.9. The second-order valence-corrected chi connectivity index (χ2v) is 10.2. The van der Waals surface area contributed by atoms with E-state index in [0.29, 0.717) is 37.4 Å². The summed E-state index contributed by atoms with van der Waals surface area (Å²) < 4.78 is 16.2. The Morgan fingerprint density at radius 2 is 1.69 bits per heavy atom. The standard InChI is InChI=1S/C31H34O7S/c1-36-31(35)25-13-16-28(26(21-25)22-32)38-19-6-18-37-27-14-11-24(12-15-27)29(39-20-17-30(33)34)10-5-9-23-7-3-2-4-8-23/h2-4,7-8,11-16,21-22,29H,5-6,9-10,17-20H2,1H3,(H,33,34). The molecule has 0 amide bonds. The Morgan fingerprint density at radius 3 is 2.38 bits per heavy atom. The van der Waals surface area contributed by atoms with E-state index < -0.39 is 11.9 Å². The van der Waals surface area contributed by atoms with E-state index in [4.69, 9.17) is 14.6 Å². The highest BCUT2D eigenvalue weighted by molar-refractivity contribution is 7.99. The van der Waals surface area contributed by atoms with Gasteiger partial charge in [-0.3, -0.25) is 9.59 Å². The summed E-state index contributed by atoms with van der Waals surface area (Å²) in [5, 5.41) is 9.25. The van der Waals surface area contributed by atoms with Crippen molar-refractivity contribution in [3.63, 3.8) is 0 Å². The van der Waals surface area contributed by atoms with Gasteiger partial charge in [0.25, 0.3) is 0 Å². The molecule has 0 saturated heterocycles. The Labute approximate surface area is 233 Å². The predicted molar refractivity (Wildman–Crippen MR) is 152 cm³/mol. The van der Waals surface area contributed by atoms with Crippen molar-refractivity contribution in [3.8, 4) is 11.5 Å². The Balaban J connectivity index is 1.47. The fourth-order valence-electron chi connectivity index (χ4n) is 4.00. The third kappa shape index (κ3) is 10.1. The number of carboxylic acids is 1. The van der Waals surface area contributed by atoms with Gasteiger partial charge >= 0.3 is 11.9 Å². The van der Waals surface area contributed by atoms with Gasteiger partial charge in [0.15, 0.2) is 6.29 Å². The molecule has 1 unspecified atom stereocenters. The fourth-order valence-corrected chi connectivity index (χ4v) is 5.26. The second kappa shape index (κ2) is 16.2. The van der Waals surface area contributed by atoms with Gasteiger partial charge in [-0.25, -0.2) is 4.79 Å². The highest BCUT2D eigenvalue weighted by Crippen LogP contribution is 2.35. The van der Waals surface area contributed by atoms with E-state index in [0.717, 1.165) is 30.6 Å². The van der Waals surface area contributed by atoms with Crippen LogP contribution in [-0.4, -0.2) is 49.4 Å². The summed E-state index contributed by atoms with van der Waals surface area (Å²) in [5.41, 5.74) is 3.04. The van der Waals surface area contributed by atoms with Crippen molar-refractivity contribution in [2.45, 2.75) is 37.4 Å². The summed E-state index contributed by atoms with van der Waals surface area (Å²) >= 11 is 1.68. The van der Waals surface area contributed by atoms with Gasteiger partial charge in [-0.2, -0.15) is 11.8 Å². The Bertz CT molecular complexity index is 1200. The molecule has 0 aliphatic carbocycles. The van der Waals surface area contributed by atoms with Gasteiger partial charge in [0.2, 0.25) is 0 Å². The maximum atomic E-state index is 11.6. The smallest absolute Gasteiger partial charge is 0.337 e. The van der Waals surface area contributed by atoms with Crippen LogP contribution in [0.1, 0.15) is 62.8 Å². The third-order valence-corrected chi connectivity index (χ3v) is 7.38. The number of methoxy groups -OCH3 is 1. The van der Waals surface area contributed by atoms with Crippen LogP contribution in [0.4, 0.5) is 0 Å². The SMILES string of the molecule is COC(=O)c1ccc(OCCCOc2ccc(C(CCCc3ccccc3)SCCC(=O)O)cc2)c(C=O)c1. The number of carboxylic acid groups (broad SMARTS) is 1. The Kier molecular flexibility index (Phi) is 12.4. The minimum Gasteiger partial charge on any atom is -0.493 e. The van der Waals surface area contributed by atoms with Crippen molar-refractivity contribution < 1.29 is 33.7 Å². The zero-order valence-corrected chi connectivity index (χ0v) is 22.9. The molecule has 206 valence electrons. The van der Waals surface area contributed by atoms with Gasteiger partial charge in [0.05, 0.1) is 37.9 Å². The molecule has 0 fully saturated rings. The maximum absolute atomic E-state index is 11.6. The van der Waals surface area contributed by atoms with E-state index in [9.17, 15) is 14.4 Å². The topological polar surface area (TPSA) is 99.1 Å². The molecule has 0 aliphatic rings. The highest BCUT2D eigenvalue weighted by Gasteiger charge is 2.14. The van der Waals surface area contributed by atoms with Crippen LogP contribution in [0.25, 0.3) is 0 Å². The normalized spacial score (nSPS) is 11.4. The number of hydrogen-bond donors (Lipinski definition) is 1. The van der Waals surface area contributed by atoms with Crippen molar-refractivity contribution in [1.29, 1.82) is 0 Å². The zero-order chi connectivity index (χ0) is 27.9. The number of aldehydes is 1. The number of ether oxygens (including phenoxy) is 3. The number of rotatable bonds is 17. The van der Waals surface area contributed by atoms with E-state index in [1.165, 1.54) is 18.7 Å². The number of thioether (sulfide) groups is 1. The lowest BCUT2D eigenvalue weighted by molar-refractivity contribution is -0.136. The van der Waals surface area contributed by atoms with E-state index >= 15 is 0 Å². The van der Waals surface area contributed by atoms with E-state index in [-0.39, 0.29) is 22.8 Å². The van der Waals surface area contributed by atoms with Crippen LogP contribution in [0.3, 0.4) is 0 Å². The van der Waals surface area contributed by atoms with Crippen LogP contribution in [0.2, 0.25) is 0 Å². The summed E-state index contributed by atoms with van der Waals surface area (Å²) in [7, 11) is 1.29. The molecule has 0 spiro atoms. The largest absolute Gasteiger partial charge is 0.493 e. The van der Waals surface area contributed by atoms with Gasteiger partial charge in [0, 0.05) is 17.4 Å². The van der Waals surface area contributed by atoms with E-state index in [1.54, 1.807) is 23.9 Å². The van der Waals surface area contributed by atoms with Crippen LogP contribution in [0, 0.1) is 0 Å². The summed E-state index contributed by atoms with van der Waals surface area (Å²) in [6.07, 6.45) is 4.36. The zero-order valence-electron chi connectivity index (χ0n) is 22.0. The number of carbonyl (C=O) groups excluding carboxylic acids is 2. The Hall–Kier alpha value is -3.78. The monoisotopic (exact) mass is 550 g/mol. The first-order chi connectivity index (χ1) is 19.0. The van der Waals surface area contributed by atoms with Crippen molar-refractivity contribution in [2.75, 3.05) is 26.1 Å². The molecule has 0 bridgehead atoms. The quantitative estimate of drug-likeness (QED) is 0.117. The van der Waals surface area contributed by atoms with Crippen molar-refractivity contribution in [2.24, 2.45) is 0 Å². The minimum atomic E-state index is -0.779. The van der Waals surface area contributed by atoms with Crippen molar-refractivity contribution in [1.82, 2.24) is 0 Å². The van der Waals surface area contributed by atoms with Gasteiger partial charge in [-0.1, -0.05) is 42.5 Å². The molecule has 39 heavy (non-hydrogen) atoms. The van der Waals surface area contributed by atoms with Crippen molar-refractivity contribution >= 4 is 30.0 Å². The highest BCUT2D eigenvalue weighted by atomic mass is 32.2. The molecule has 8 heteroatoms. The number of benzene rings is 3. The first-order valence-corrected chi connectivity index (χ1v) is 14.0. The molecule has 3 aromatic carbocycles. The van der Waals surface area contributed by atoms with Gasteiger partial charge in [-0.05, 0) is 60.7 Å². The average molecular weight is 551 g/mol. The van der Waals surface area contributed by atoms with E-state index in [1.807, 2.05) is 42.5 Å². The minimum absolute atomic E-state index is 0.146. The molecular formula is C31H34O7S. The molecule has 3 aromatic rings. The Morgan fingerprint density at radius 1 is 0.949 bits per heavy atom. The molecule has 3 rings (SSSR count). The van der Waals surface area contributed by atoms with Crippen LogP contribution in [-0.2, 0) is 16.0 Å². The summed E-state index contributed by atoms with van der Waals surface area (Å²) in [5.74, 6) is 0.426. The van der Waals surface area contributed by atoms with Crippen LogP contribution in [0.15, 0.2) is 72.8 Å². The summed E-state index contributed by atoms with van der Waals surface area (Å²) in [6.45, 7) is 0.782. The number of carbonyl (C=O) groups is 3. The fraction of sp³-hybridized carbons (Fsp3) is 0.323. The van der Waals surface area contributed by atoms with Gasteiger partial charge in [0.1, 0.15) is 11.5 Å². The molecule has 7 nitrogen and oxygen atoms in total. The number of esters is 1. The van der Waals surface area contributed by atoms with Crippen LogP contribution in [0.5, 0.6) is 11.5 Å². The number of aryl methyl sites for hydroxylation is 1. The maximum Gasteiger partial charge on any atom is 0.337 e. The lowest BCUT2D eigenvalue weighted by atomic mass is 10.0. The molecule has 0 radical (unpaired) electrons. The summed E-state index contributed by atoms with van der Waals surface area (Å²) in [4.78, 5) is 34.0. The molecule has 0 heterocycles.